The SMILES string of the molecule is CCNC(c1cc(C(=O)OCCCCCCCOC(=O)Cc2ccccc2Nc2c(Cl)cccc2Cl)cc(Br)c1N)C1CCCCC1. The van der Waals surface area contributed by atoms with Crippen molar-refractivity contribution in [2.45, 2.75) is 83.6 Å². The number of hydrogen-bond acceptors (Lipinski definition) is 7. The number of benzene rings is 3. The molecule has 1 atom stereocenters. The van der Waals surface area contributed by atoms with Crippen molar-refractivity contribution >= 4 is 68.1 Å². The predicted molar refractivity (Wildman–Crippen MR) is 196 cm³/mol. The fraction of sp³-hybridized carbons (Fsp3) is 0.459. The summed E-state index contributed by atoms with van der Waals surface area (Å²) in [7, 11) is 0. The fourth-order valence-corrected chi connectivity index (χ4v) is 7.12. The minimum Gasteiger partial charge on any atom is -0.465 e. The zero-order valence-corrected chi connectivity index (χ0v) is 30.2. The average molecular weight is 748 g/mol. The lowest BCUT2D eigenvalue weighted by Crippen LogP contribution is -2.30. The Balaban J connectivity index is 1.14. The maximum absolute atomic E-state index is 13.0. The third kappa shape index (κ3) is 11.1. The van der Waals surface area contributed by atoms with Gasteiger partial charge in [0, 0.05) is 16.2 Å². The molecule has 0 saturated heterocycles. The Kier molecular flexibility index (Phi) is 15.2. The van der Waals surface area contributed by atoms with E-state index in [4.69, 9.17) is 38.4 Å². The summed E-state index contributed by atoms with van der Waals surface area (Å²) in [5, 5.41) is 7.87. The van der Waals surface area contributed by atoms with E-state index < -0.39 is 0 Å². The number of anilines is 3. The highest BCUT2D eigenvalue weighted by molar-refractivity contribution is 9.10. The van der Waals surface area contributed by atoms with E-state index in [2.05, 4.69) is 33.5 Å². The van der Waals surface area contributed by atoms with Gasteiger partial charge in [-0.2, -0.15) is 0 Å². The first-order chi connectivity index (χ1) is 22.8. The molecule has 0 bridgehead atoms. The summed E-state index contributed by atoms with van der Waals surface area (Å²) in [4.78, 5) is 25.5. The predicted octanol–water partition coefficient (Wildman–Crippen LogP) is 10.2. The largest absolute Gasteiger partial charge is 0.465 e. The Labute approximate surface area is 297 Å². The Morgan fingerprint density at radius 1 is 0.915 bits per heavy atom. The van der Waals surface area contributed by atoms with Crippen molar-refractivity contribution in [2.24, 2.45) is 5.92 Å². The summed E-state index contributed by atoms with van der Waals surface area (Å²) in [5.74, 6) is -0.110. The maximum Gasteiger partial charge on any atom is 0.338 e. The molecular weight excluding hydrogens is 701 g/mol. The normalized spacial score (nSPS) is 14.0. The van der Waals surface area contributed by atoms with E-state index in [1.54, 1.807) is 24.3 Å². The summed E-state index contributed by atoms with van der Waals surface area (Å²) in [6, 6.07) is 16.6. The van der Waals surface area contributed by atoms with E-state index in [0.717, 1.165) is 59.9 Å². The zero-order chi connectivity index (χ0) is 33.6. The van der Waals surface area contributed by atoms with Crippen molar-refractivity contribution in [1.82, 2.24) is 5.32 Å². The number of carbonyl (C=O) groups excluding carboxylic acids is 2. The van der Waals surface area contributed by atoms with Gasteiger partial charge in [-0.3, -0.25) is 4.79 Å². The van der Waals surface area contributed by atoms with Crippen molar-refractivity contribution in [1.29, 1.82) is 0 Å². The van der Waals surface area contributed by atoms with Gasteiger partial charge in [0.1, 0.15) is 0 Å². The molecule has 4 rings (SSSR count). The molecule has 0 spiro atoms. The van der Waals surface area contributed by atoms with Crippen LogP contribution in [-0.4, -0.2) is 31.7 Å². The van der Waals surface area contributed by atoms with Gasteiger partial charge in [-0.1, -0.05) is 92.9 Å². The van der Waals surface area contributed by atoms with Crippen LogP contribution in [0.4, 0.5) is 17.1 Å². The lowest BCUT2D eigenvalue weighted by Gasteiger charge is -2.32. The molecule has 0 amide bonds. The molecule has 0 aliphatic heterocycles. The molecule has 1 aliphatic rings. The van der Waals surface area contributed by atoms with Gasteiger partial charge < -0.3 is 25.8 Å². The summed E-state index contributed by atoms with van der Waals surface area (Å²) < 4.78 is 11.9. The molecule has 7 nitrogen and oxygen atoms in total. The summed E-state index contributed by atoms with van der Waals surface area (Å²) in [6.45, 7) is 3.66. The van der Waals surface area contributed by atoms with Crippen molar-refractivity contribution in [3.63, 3.8) is 0 Å². The Morgan fingerprint density at radius 2 is 1.57 bits per heavy atom. The Morgan fingerprint density at radius 3 is 2.28 bits per heavy atom. The smallest absolute Gasteiger partial charge is 0.338 e. The van der Waals surface area contributed by atoms with Gasteiger partial charge in [-0.15, -0.1) is 0 Å². The molecule has 254 valence electrons. The maximum atomic E-state index is 13.0. The van der Waals surface area contributed by atoms with Gasteiger partial charge in [0.15, 0.2) is 0 Å². The number of nitrogens with two attached hydrogens (primary N) is 1. The molecule has 4 N–H and O–H groups in total. The van der Waals surface area contributed by atoms with Gasteiger partial charge in [-0.05, 0) is 95.5 Å². The molecule has 1 aliphatic carbocycles. The number of halogens is 3. The monoisotopic (exact) mass is 745 g/mol. The number of unbranched alkanes of at least 4 members (excludes halogenated alkanes) is 4. The molecule has 1 saturated carbocycles. The third-order valence-corrected chi connectivity index (χ3v) is 9.92. The van der Waals surface area contributed by atoms with Crippen molar-refractivity contribution in [2.75, 3.05) is 30.8 Å². The number of rotatable bonds is 17. The van der Waals surface area contributed by atoms with Gasteiger partial charge >= 0.3 is 11.9 Å². The highest BCUT2D eigenvalue weighted by Crippen LogP contribution is 2.39. The first-order valence-corrected chi connectivity index (χ1v) is 18.3. The van der Waals surface area contributed by atoms with Gasteiger partial charge in [0.25, 0.3) is 0 Å². The lowest BCUT2D eigenvalue weighted by atomic mass is 9.80. The first-order valence-electron chi connectivity index (χ1n) is 16.7. The second-order valence-corrected chi connectivity index (χ2v) is 13.7. The van der Waals surface area contributed by atoms with Crippen LogP contribution in [0.3, 0.4) is 0 Å². The number of nitrogen functional groups attached to an aromatic ring is 1. The van der Waals surface area contributed by atoms with Crippen LogP contribution in [0.25, 0.3) is 0 Å². The van der Waals surface area contributed by atoms with E-state index in [-0.39, 0.29) is 24.4 Å². The van der Waals surface area contributed by atoms with E-state index in [9.17, 15) is 9.59 Å². The number of ether oxygens (including phenoxy) is 2. The van der Waals surface area contributed by atoms with Crippen molar-refractivity contribution < 1.29 is 19.1 Å². The fourth-order valence-electron chi connectivity index (χ4n) is 6.16. The highest BCUT2D eigenvalue weighted by atomic mass is 79.9. The highest BCUT2D eigenvalue weighted by Gasteiger charge is 2.28. The zero-order valence-electron chi connectivity index (χ0n) is 27.1. The van der Waals surface area contributed by atoms with Crippen LogP contribution in [0.1, 0.15) is 98.7 Å². The van der Waals surface area contributed by atoms with Crippen LogP contribution >= 0.6 is 39.1 Å². The molecule has 0 heterocycles. The van der Waals surface area contributed by atoms with E-state index >= 15 is 0 Å². The Bertz CT molecular complexity index is 1460. The molecule has 0 radical (unpaired) electrons. The number of carbonyl (C=O) groups is 2. The number of para-hydroxylation sites is 2. The second-order valence-electron chi connectivity index (χ2n) is 12.1. The van der Waals surface area contributed by atoms with Crippen LogP contribution in [0.5, 0.6) is 0 Å². The molecule has 0 aromatic heterocycles. The van der Waals surface area contributed by atoms with Gasteiger partial charge in [0.05, 0.1) is 46.6 Å². The topological polar surface area (TPSA) is 103 Å². The summed E-state index contributed by atoms with van der Waals surface area (Å²) >= 11 is 16.2. The van der Waals surface area contributed by atoms with Crippen LogP contribution in [0.2, 0.25) is 10.0 Å². The minimum atomic E-state index is -0.329. The molecule has 3 aromatic rings. The number of nitrogens with one attached hydrogen (secondary N) is 2. The second kappa shape index (κ2) is 19.3. The van der Waals surface area contributed by atoms with E-state index in [1.165, 1.54) is 32.1 Å². The van der Waals surface area contributed by atoms with Gasteiger partial charge in [0.2, 0.25) is 0 Å². The van der Waals surface area contributed by atoms with Crippen molar-refractivity contribution in [3.8, 4) is 0 Å². The lowest BCUT2D eigenvalue weighted by molar-refractivity contribution is -0.142. The first kappa shape index (κ1) is 37.0. The number of hydrogen-bond donors (Lipinski definition) is 3. The van der Waals surface area contributed by atoms with Gasteiger partial charge in [-0.25, -0.2) is 4.79 Å². The standard InChI is InChI=1S/C37H46BrCl2N3O4/c1-2-42-35(25-14-7-6-8-15-25)28-22-27(23-29(38)34(28)41)37(45)47-21-12-5-3-4-11-20-46-33(44)24-26-16-9-10-19-32(26)43-36-30(39)17-13-18-31(36)40/h9-10,13,16-19,22-23,25,35,42-43H,2-8,11-12,14-15,20-21,24,41H2,1H3. The van der Waals surface area contributed by atoms with E-state index in [1.807, 2.05) is 30.3 Å². The van der Waals surface area contributed by atoms with Crippen LogP contribution in [0, 0.1) is 5.92 Å². The van der Waals surface area contributed by atoms with Crippen molar-refractivity contribution in [3.05, 3.63) is 85.8 Å². The molecular formula is C37H46BrCl2N3O4. The van der Waals surface area contributed by atoms with E-state index in [0.29, 0.717) is 46.1 Å². The molecule has 10 heteroatoms. The van der Waals surface area contributed by atoms with Crippen LogP contribution in [0.15, 0.2) is 59.1 Å². The summed E-state index contributed by atoms with van der Waals surface area (Å²) in [5.41, 5.74) is 10.8. The molecule has 1 unspecified atom stereocenters. The molecule has 47 heavy (non-hydrogen) atoms. The third-order valence-electron chi connectivity index (χ3n) is 8.64. The Hall–Kier alpha value is -2.78. The quantitative estimate of drug-likeness (QED) is 0.0718. The number of esters is 2. The minimum absolute atomic E-state index is 0.121. The van der Waals surface area contributed by atoms with Crippen LogP contribution in [-0.2, 0) is 20.7 Å². The molecule has 1 fully saturated rings. The average Bonchev–Trinajstić information content (AvgIpc) is 3.07. The summed E-state index contributed by atoms with van der Waals surface area (Å²) in [6.07, 6.45) is 10.6. The van der Waals surface area contributed by atoms with Crippen LogP contribution < -0.4 is 16.4 Å². The molecule has 3 aromatic carbocycles.